The first-order valence-corrected chi connectivity index (χ1v) is 4.04. The summed E-state index contributed by atoms with van der Waals surface area (Å²) < 4.78 is 0. The number of allylic oxidation sites excluding steroid dienone is 3. The van der Waals surface area contributed by atoms with Crippen LogP contribution in [0.15, 0.2) is 46.2 Å². The van der Waals surface area contributed by atoms with Gasteiger partial charge in [-0.05, 0) is 37.3 Å². The van der Waals surface area contributed by atoms with Gasteiger partial charge in [0.25, 0.3) is 0 Å². The third-order valence-corrected chi connectivity index (χ3v) is 1.67. The second-order valence-corrected chi connectivity index (χ2v) is 2.76. The Balaban J connectivity index is 2.77. The molecule has 0 amide bonds. The quantitative estimate of drug-likeness (QED) is 0.434. The van der Waals surface area contributed by atoms with Gasteiger partial charge in [0.15, 0.2) is 0 Å². The number of aliphatic imine (C=N–C) groups is 1. The summed E-state index contributed by atoms with van der Waals surface area (Å²) in [6, 6.07) is 0. The minimum Gasteiger partial charge on any atom is -0.296 e. The molecule has 12 heavy (non-hydrogen) atoms. The van der Waals surface area contributed by atoms with Crippen molar-refractivity contribution in [3.05, 3.63) is 41.2 Å². The second kappa shape index (κ2) is 4.53. The average molecular weight is 159 g/mol. The highest BCUT2D eigenvalue weighted by Gasteiger charge is 1.90. The van der Waals surface area contributed by atoms with E-state index in [4.69, 9.17) is 0 Å². The van der Waals surface area contributed by atoms with Crippen LogP contribution in [0.1, 0.15) is 13.3 Å². The van der Waals surface area contributed by atoms with E-state index in [2.05, 4.69) is 29.6 Å². The summed E-state index contributed by atoms with van der Waals surface area (Å²) in [7, 11) is 0. The van der Waals surface area contributed by atoms with Crippen LogP contribution in [0.2, 0.25) is 0 Å². The smallest absolute Gasteiger partial charge is 0.0629 e. The van der Waals surface area contributed by atoms with Crippen LogP contribution in [0, 0.1) is 0 Å². The summed E-state index contributed by atoms with van der Waals surface area (Å²) in [5.74, 6) is 0. The largest absolute Gasteiger partial charge is 0.296 e. The lowest BCUT2D eigenvalue weighted by atomic mass is 10.1. The molecule has 0 bridgehead atoms. The lowest BCUT2D eigenvalue weighted by Crippen LogP contribution is -1.85. The normalized spacial score (nSPS) is 16.1. The number of nitrogens with zero attached hydrogens (tertiary/aromatic N) is 1. The first kappa shape index (κ1) is 8.76. The molecule has 0 spiro atoms. The third-order valence-electron chi connectivity index (χ3n) is 1.67. The van der Waals surface area contributed by atoms with Gasteiger partial charge in [-0.15, -0.1) is 5.73 Å². The molecule has 0 saturated heterocycles. The van der Waals surface area contributed by atoms with Crippen molar-refractivity contribution in [3.8, 4) is 0 Å². The van der Waals surface area contributed by atoms with Gasteiger partial charge in [-0.1, -0.05) is 18.2 Å². The molecule has 1 aliphatic carbocycles. The van der Waals surface area contributed by atoms with E-state index in [0.717, 1.165) is 12.0 Å². The molecular formula is C11H13N. The van der Waals surface area contributed by atoms with Crippen LogP contribution < -0.4 is 0 Å². The molecule has 1 aliphatic rings. The molecule has 0 atom stereocenters. The Kier molecular flexibility index (Phi) is 3.31. The Bertz CT molecular complexity index is 286. The minimum atomic E-state index is 0.706. The van der Waals surface area contributed by atoms with Crippen LogP contribution in [-0.2, 0) is 0 Å². The number of hydrogen-bond acceptors (Lipinski definition) is 1. The van der Waals surface area contributed by atoms with Gasteiger partial charge < -0.3 is 0 Å². The van der Waals surface area contributed by atoms with Crippen LogP contribution in [0.4, 0.5) is 0 Å². The molecule has 0 aromatic carbocycles. The average Bonchev–Trinajstić information content (AvgIpc) is 2.04. The van der Waals surface area contributed by atoms with Crippen LogP contribution in [0.3, 0.4) is 0 Å². The lowest BCUT2D eigenvalue weighted by molar-refractivity contribution is 1.16. The highest BCUT2D eigenvalue weighted by atomic mass is 14.7. The predicted molar refractivity (Wildman–Crippen MR) is 53.5 cm³/mol. The van der Waals surface area contributed by atoms with Crippen molar-refractivity contribution in [1.29, 1.82) is 0 Å². The second-order valence-electron chi connectivity index (χ2n) is 2.76. The van der Waals surface area contributed by atoms with Crippen molar-refractivity contribution in [2.24, 2.45) is 4.99 Å². The molecular weight excluding hydrogens is 146 g/mol. The summed E-state index contributed by atoms with van der Waals surface area (Å²) in [5, 5.41) is 0. The van der Waals surface area contributed by atoms with E-state index in [1.807, 2.05) is 19.1 Å². The predicted octanol–water partition coefficient (Wildman–Crippen LogP) is 2.67. The van der Waals surface area contributed by atoms with Gasteiger partial charge in [-0.2, -0.15) is 0 Å². The summed E-state index contributed by atoms with van der Waals surface area (Å²) in [6.45, 7) is 6.22. The van der Waals surface area contributed by atoms with Crippen molar-refractivity contribution in [1.82, 2.24) is 0 Å². The van der Waals surface area contributed by atoms with Crippen molar-refractivity contribution in [3.63, 3.8) is 0 Å². The lowest BCUT2D eigenvalue weighted by Gasteiger charge is -1.98. The summed E-state index contributed by atoms with van der Waals surface area (Å²) in [6.07, 6.45) is 9.23. The van der Waals surface area contributed by atoms with Gasteiger partial charge in [0, 0.05) is 0 Å². The van der Waals surface area contributed by atoms with Crippen LogP contribution in [-0.4, -0.2) is 13.3 Å². The molecule has 1 rings (SSSR count). The molecule has 0 heterocycles. The zero-order chi connectivity index (χ0) is 8.81. The van der Waals surface area contributed by atoms with Crippen LogP contribution in [0.5, 0.6) is 0 Å². The fourth-order valence-corrected chi connectivity index (χ4v) is 1.02. The van der Waals surface area contributed by atoms with Gasteiger partial charge in [-0.3, -0.25) is 4.99 Å². The molecule has 62 valence electrons. The Labute approximate surface area is 73.5 Å². The van der Waals surface area contributed by atoms with E-state index in [1.165, 1.54) is 5.57 Å². The first-order valence-electron chi connectivity index (χ1n) is 4.04. The van der Waals surface area contributed by atoms with Crippen molar-refractivity contribution in [2.45, 2.75) is 13.3 Å². The van der Waals surface area contributed by atoms with Crippen molar-refractivity contribution >= 4 is 6.72 Å². The molecule has 1 nitrogen and oxygen atoms in total. The summed E-state index contributed by atoms with van der Waals surface area (Å²) in [4.78, 5) is 3.84. The minimum absolute atomic E-state index is 0.706. The van der Waals surface area contributed by atoms with E-state index >= 15 is 0 Å². The molecule has 0 fully saturated rings. The zero-order valence-corrected chi connectivity index (χ0v) is 7.38. The molecule has 0 aromatic heterocycles. The van der Waals surface area contributed by atoms with Crippen LogP contribution in [0.25, 0.3) is 0 Å². The Morgan fingerprint density at radius 1 is 1.58 bits per heavy atom. The molecule has 0 radical (unpaired) electrons. The van der Waals surface area contributed by atoms with E-state index in [9.17, 15) is 0 Å². The molecule has 0 aromatic rings. The molecule has 0 N–H and O–H groups in total. The molecule has 0 aliphatic heterocycles. The summed E-state index contributed by atoms with van der Waals surface area (Å²) in [5.41, 5.74) is 5.54. The molecule has 0 unspecified atom stereocenters. The molecule has 0 saturated carbocycles. The molecule has 1 heteroatoms. The van der Waals surface area contributed by atoms with Gasteiger partial charge in [-0.25, -0.2) is 0 Å². The van der Waals surface area contributed by atoms with Gasteiger partial charge >= 0.3 is 0 Å². The van der Waals surface area contributed by atoms with E-state index in [-0.39, 0.29) is 0 Å². The Hall–Kier alpha value is -1.33. The van der Waals surface area contributed by atoms with Gasteiger partial charge in [0.05, 0.1) is 6.54 Å². The van der Waals surface area contributed by atoms with Gasteiger partial charge in [0.1, 0.15) is 0 Å². The van der Waals surface area contributed by atoms with Crippen molar-refractivity contribution < 1.29 is 0 Å². The standard InChI is InChI=1S/C11H13N/c1-10-5-3-4-6-11(8-7-10)9-12-2/h3,6-8H,2,4,9H2,1H3. The van der Waals surface area contributed by atoms with E-state index in [1.54, 1.807) is 0 Å². The maximum absolute atomic E-state index is 3.84. The fraction of sp³-hybridized carbons (Fsp3) is 0.273. The fourth-order valence-electron chi connectivity index (χ4n) is 1.02. The highest BCUT2D eigenvalue weighted by Crippen LogP contribution is 2.06. The SMILES string of the molecule is C=NCC1=CCC=C=C(C)C=C1. The monoisotopic (exact) mass is 159 g/mol. The van der Waals surface area contributed by atoms with Crippen molar-refractivity contribution in [2.75, 3.05) is 6.54 Å². The third kappa shape index (κ3) is 2.73. The van der Waals surface area contributed by atoms with Gasteiger partial charge in [0.2, 0.25) is 0 Å². The van der Waals surface area contributed by atoms with E-state index in [0.29, 0.717) is 6.54 Å². The van der Waals surface area contributed by atoms with Crippen LogP contribution >= 0.6 is 0 Å². The first-order chi connectivity index (χ1) is 5.83. The zero-order valence-electron chi connectivity index (χ0n) is 7.38. The topological polar surface area (TPSA) is 12.4 Å². The summed E-state index contributed by atoms with van der Waals surface area (Å²) >= 11 is 0. The Morgan fingerprint density at radius 3 is 3.17 bits per heavy atom. The van der Waals surface area contributed by atoms with E-state index < -0.39 is 0 Å². The number of hydrogen-bond donors (Lipinski definition) is 0. The maximum Gasteiger partial charge on any atom is 0.0629 e. The highest BCUT2D eigenvalue weighted by molar-refractivity contribution is 5.32. The number of rotatable bonds is 2. The maximum atomic E-state index is 3.84. The Morgan fingerprint density at radius 2 is 2.42 bits per heavy atom.